The van der Waals surface area contributed by atoms with Gasteiger partial charge in [0.05, 0.1) is 23.0 Å². The zero-order valence-corrected chi connectivity index (χ0v) is 10.5. The van der Waals surface area contributed by atoms with Crippen LogP contribution in [0, 0.1) is 5.82 Å². The molecule has 0 fully saturated rings. The number of methoxy groups -OCH3 is 1. The Hall–Kier alpha value is -1.30. The van der Waals surface area contributed by atoms with Crippen LogP contribution >= 0.6 is 15.9 Å². The number of carbonyl (C=O) groups is 1. The maximum absolute atomic E-state index is 13.4. The van der Waals surface area contributed by atoms with Crippen LogP contribution < -0.4 is 11.1 Å². The summed E-state index contributed by atoms with van der Waals surface area (Å²) < 4.78 is 18.2. The highest BCUT2D eigenvalue weighted by Crippen LogP contribution is 2.28. The molecule has 1 aromatic rings. The predicted octanol–water partition coefficient (Wildman–Crippen LogP) is 2.14. The van der Waals surface area contributed by atoms with Crippen molar-refractivity contribution in [2.24, 2.45) is 0 Å². The molecule has 6 heteroatoms. The van der Waals surface area contributed by atoms with Gasteiger partial charge in [0.1, 0.15) is 6.04 Å². The number of ether oxygens (including phenoxy) is 1. The molecule has 0 bridgehead atoms. The van der Waals surface area contributed by atoms with Crippen LogP contribution in [0.25, 0.3) is 0 Å². The number of benzene rings is 1. The van der Waals surface area contributed by atoms with Crippen LogP contribution in [0.15, 0.2) is 16.6 Å². The normalized spacial score (nSPS) is 12.0. The summed E-state index contributed by atoms with van der Waals surface area (Å²) in [5, 5.41) is 2.77. The molecule has 0 saturated carbocycles. The average Bonchev–Trinajstić information content (AvgIpc) is 2.28. The molecule has 1 aromatic carbocycles. The summed E-state index contributed by atoms with van der Waals surface area (Å²) in [6.07, 6.45) is 0. The third-order valence-electron chi connectivity index (χ3n) is 2.06. The van der Waals surface area contributed by atoms with Crippen molar-refractivity contribution in [3.8, 4) is 0 Å². The fourth-order valence-corrected chi connectivity index (χ4v) is 1.51. The van der Waals surface area contributed by atoms with Gasteiger partial charge in [0.15, 0.2) is 5.82 Å². The molecular weight excluding hydrogens is 279 g/mol. The number of esters is 1. The Morgan fingerprint density at radius 1 is 1.62 bits per heavy atom. The van der Waals surface area contributed by atoms with E-state index >= 15 is 0 Å². The first kappa shape index (κ1) is 12.8. The largest absolute Gasteiger partial charge is 0.467 e. The molecule has 0 spiro atoms. The number of nitrogens with two attached hydrogens (primary N) is 1. The Morgan fingerprint density at radius 2 is 2.25 bits per heavy atom. The maximum atomic E-state index is 13.4. The van der Waals surface area contributed by atoms with E-state index in [1.165, 1.54) is 13.2 Å². The van der Waals surface area contributed by atoms with Crippen LogP contribution in [-0.2, 0) is 9.53 Å². The fraction of sp³-hybridized carbons (Fsp3) is 0.300. The summed E-state index contributed by atoms with van der Waals surface area (Å²) in [7, 11) is 1.28. The van der Waals surface area contributed by atoms with Gasteiger partial charge in [-0.1, -0.05) is 0 Å². The number of hydrogen-bond donors (Lipinski definition) is 2. The molecule has 0 aromatic heterocycles. The molecule has 1 atom stereocenters. The molecule has 0 unspecified atom stereocenters. The van der Waals surface area contributed by atoms with Gasteiger partial charge >= 0.3 is 5.97 Å². The smallest absolute Gasteiger partial charge is 0.327 e. The quantitative estimate of drug-likeness (QED) is 0.661. The molecule has 0 heterocycles. The van der Waals surface area contributed by atoms with Crippen molar-refractivity contribution in [2.45, 2.75) is 13.0 Å². The van der Waals surface area contributed by atoms with Crippen molar-refractivity contribution in [2.75, 3.05) is 18.2 Å². The summed E-state index contributed by atoms with van der Waals surface area (Å²) in [5.41, 5.74) is 5.88. The number of nitrogen functional groups attached to an aromatic ring is 1. The van der Waals surface area contributed by atoms with E-state index in [-0.39, 0.29) is 10.2 Å². The van der Waals surface area contributed by atoms with Gasteiger partial charge in [-0.05, 0) is 35.0 Å². The van der Waals surface area contributed by atoms with Crippen molar-refractivity contribution >= 4 is 33.3 Å². The Bertz CT molecular complexity index is 412. The van der Waals surface area contributed by atoms with Gasteiger partial charge in [-0.25, -0.2) is 9.18 Å². The molecule has 0 amide bonds. The highest BCUT2D eigenvalue weighted by atomic mass is 79.9. The number of hydrogen-bond acceptors (Lipinski definition) is 4. The minimum Gasteiger partial charge on any atom is -0.467 e. The fourth-order valence-electron chi connectivity index (χ4n) is 1.16. The van der Waals surface area contributed by atoms with Gasteiger partial charge in [-0.15, -0.1) is 0 Å². The molecule has 0 radical (unpaired) electrons. The first-order valence-corrected chi connectivity index (χ1v) is 5.34. The van der Waals surface area contributed by atoms with Crippen LogP contribution in [0.5, 0.6) is 0 Å². The monoisotopic (exact) mass is 290 g/mol. The van der Waals surface area contributed by atoms with E-state index in [1.807, 2.05) is 0 Å². The van der Waals surface area contributed by atoms with E-state index in [9.17, 15) is 9.18 Å². The van der Waals surface area contributed by atoms with E-state index in [1.54, 1.807) is 13.0 Å². The van der Waals surface area contributed by atoms with Crippen LogP contribution in [-0.4, -0.2) is 19.1 Å². The van der Waals surface area contributed by atoms with Crippen LogP contribution in [0.4, 0.5) is 15.8 Å². The topological polar surface area (TPSA) is 64.3 Å². The predicted molar refractivity (Wildman–Crippen MR) is 63.6 cm³/mol. The summed E-state index contributed by atoms with van der Waals surface area (Å²) in [4.78, 5) is 11.2. The standard InChI is InChI=1S/C10H12BrFN2O2/c1-5(10(15)16-2)14-7-4-3-6(11)8(12)9(7)13/h3-5,14H,13H2,1-2H3/t5-/m0/s1. The van der Waals surface area contributed by atoms with E-state index < -0.39 is 17.8 Å². The summed E-state index contributed by atoms with van der Waals surface area (Å²) in [6.45, 7) is 1.60. The summed E-state index contributed by atoms with van der Waals surface area (Å²) in [5.74, 6) is -0.996. The highest BCUT2D eigenvalue weighted by Gasteiger charge is 2.16. The summed E-state index contributed by atoms with van der Waals surface area (Å²) in [6, 6.07) is 2.51. The highest BCUT2D eigenvalue weighted by molar-refractivity contribution is 9.10. The summed E-state index contributed by atoms with van der Waals surface area (Å²) >= 11 is 3.01. The molecule has 3 N–H and O–H groups in total. The Kier molecular flexibility index (Phi) is 4.12. The zero-order chi connectivity index (χ0) is 12.3. The van der Waals surface area contributed by atoms with Gasteiger partial charge in [0, 0.05) is 0 Å². The van der Waals surface area contributed by atoms with Crippen LogP contribution in [0.2, 0.25) is 0 Å². The van der Waals surface area contributed by atoms with E-state index in [0.717, 1.165) is 0 Å². The van der Waals surface area contributed by atoms with Crippen molar-refractivity contribution in [1.82, 2.24) is 0 Å². The molecule has 16 heavy (non-hydrogen) atoms. The lowest BCUT2D eigenvalue weighted by molar-refractivity contribution is -0.141. The third kappa shape index (κ3) is 2.63. The number of carbonyl (C=O) groups excluding carboxylic acids is 1. The van der Waals surface area contributed by atoms with Gasteiger partial charge in [0.25, 0.3) is 0 Å². The van der Waals surface area contributed by atoms with E-state index in [4.69, 9.17) is 5.73 Å². The molecule has 88 valence electrons. The van der Waals surface area contributed by atoms with Crippen molar-refractivity contribution in [1.29, 1.82) is 0 Å². The van der Waals surface area contributed by atoms with E-state index in [2.05, 4.69) is 26.0 Å². The van der Waals surface area contributed by atoms with Crippen molar-refractivity contribution in [3.63, 3.8) is 0 Å². The second-order valence-electron chi connectivity index (χ2n) is 3.21. The van der Waals surface area contributed by atoms with Gasteiger partial charge in [-0.3, -0.25) is 0 Å². The van der Waals surface area contributed by atoms with Crippen LogP contribution in [0.1, 0.15) is 6.92 Å². The van der Waals surface area contributed by atoms with Gasteiger partial charge in [0.2, 0.25) is 0 Å². The zero-order valence-electron chi connectivity index (χ0n) is 8.88. The molecule has 4 nitrogen and oxygen atoms in total. The maximum Gasteiger partial charge on any atom is 0.327 e. The Balaban J connectivity index is 2.90. The minimum atomic E-state index is -0.590. The average molecular weight is 291 g/mol. The van der Waals surface area contributed by atoms with Crippen LogP contribution in [0.3, 0.4) is 0 Å². The molecular formula is C10H12BrFN2O2. The number of rotatable bonds is 3. The molecule has 0 aliphatic heterocycles. The second-order valence-corrected chi connectivity index (χ2v) is 4.07. The first-order valence-electron chi connectivity index (χ1n) is 4.55. The molecule has 1 rings (SSSR count). The van der Waals surface area contributed by atoms with Gasteiger partial charge < -0.3 is 15.8 Å². The molecule has 0 aliphatic rings. The first-order chi connectivity index (χ1) is 7.47. The lowest BCUT2D eigenvalue weighted by atomic mass is 10.2. The third-order valence-corrected chi connectivity index (χ3v) is 2.67. The molecule has 0 aliphatic carbocycles. The second kappa shape index (κ2) is 5.16. The molecule has 0 saturated heterocycles. The lowest BCUT2D eigenvalue weighted by Gasteiger charge is -2.15. The Labute approximate surface area is 101 Å². The SMILES string of the molecule is COC(=O)[C@H](C)Nc1ccc(Br)c(F)c1N. The van der Waals surface area contributed by atoms with E-state index in [0.29, 0.717) is 5.69 Å². The Morgan fingerprint density at radius 3 is 2.81 bits per heavy atom. The number of anilines is 2. The minimum absolute atomic E-state index is 0.0369. The number of halogens is 2. The number of nitrogens with one attached hydrogen (secondary N) is 1. The van der Waals surface area contributed by atoms with Crippen molar-refractivity contribution < 1.29 is 13.9 Å². The lowest BCUT2D eigenvalue weighted by Crippen LogP contribution is -2.27. The van der Waals surface area contributed by atoms with Gasteiger partial charge in [-0.2, -0.15) is 0 Å². The van der Waals surface area contributed by atoms with Crippen molar-refractivity contribution in [3.05, 3.63) is 22.4 Å².